The Bertz CT molecular complexity index is 868. The van der Waals surface area contributed by atoms with E-state index in [2.05, 4.69) is 15.5 Å². The van der Waals surface area contributed by atoms with Crippen molar-refractivity contribution in [2.45, 2.75) is 32.7 Å². The van der Waals surface area contributed by atoms with Gasteiger partial charge in [-0.05, 0) is 32.9 Å². The second-order valence-corrected chi connectivity index (χ2v) is 8.56. The van der Waals surface area contributed by atoms with Crippen LogP contribution in [0.5, 0.6) is 11.5 Å². The van der Waals surface area contributed by atoms with Crippen molar-refractivity contribution < 1.29 is 19.1 Å². The number of rotatable bonds is 5. The molecule has 1 aliphatic rings. The van der Waals surface area contributed by atoms with E-state index in [0.717, 1.165) is 5.56 Å². The quantitative estimate of drug-likeness (QED) is 0.824. The normalized spacial score (nSPS) is 17.0. The summed E-state index contributed by atoms with van der Waals surface area (Å²) in [6.45, 7) is 6.30. The van der Waals surface area contributed by atoms with Crippen molar-refractivity contribution in [2.24, 2.45) is 5.92 Å². The van der Waals surface area contributed by atoms with Crippen LogP contribution in [0.25, 0.3) is 10.6 Å². The first-order chi connectivity index (χ1) is 13.2. The molecule has 0 spiro atoms. The number of carbonyl (C=O) groups is 2. The van der Waals surface area contributed by atoms with E-state index >= 15 is 0 Å². The van der Waals surface area contributed by atoms with Gasteiger partial charge < -0.3 is 19.7 Å². The third kappa shape index (κ3) is 4.24. The molecule has 2 heterocycles. The number of methoxy groups -OCH3 is 2. The van der Waals surface area contributed by atoms with E-state index < -0.39 is 5.92 Å². The van der Waals surface area contributed by atoms with Gasteiger partial charge in [-0.25, -0.2) is 0 Å². The molecule has 0 radical (unpaired) electrons. The number of anilines is 1. The number of hydrogen-bond donors (Lipinski definition) is 1. The van der Waals surface area contributed by atoms with Crippen molar-refractivity contribution in [1.82, 2.24) is 15.1 Å². The molecule has 28 heavy (non-hydrogen) atoms. The maximum absolute atomic E-state index is 12.6. The summed E-state index contributed by atoms with van der Waals surface area (Å²) < 4.78 is 10.6. The third-order valence-corrected chi connectivity index (χ3v) is 5.45. The molecule has 0 bridgehead atoms. The van der Waals surface area contributed by atoms with Gasteiger partial charge in [-0.15, -0.1) is 10.2 Å². The summed E-state index contributed by atoms with van der Waals surface area (Å²) in [6.07, 6.45) is 0.210. The largest absolute Gasteiger partial charge is 0.497 e. The lowest BCUT2D eigenvalue weighted by Gasteiger charge is -2.31. The van der Waals surface area contributed by atoms with Crippen molar-refractivity contribution in [3.63, 3.8) is 0 Å². The van der Waals surface area contributed by atoms with Gasteiger partial charge in [-0.1, -0.05) is 11.3 Å². The Hall–Kier alpha value is -2.68. The van der Waals surface area contributed by atoms with Crippen molar-refractivity contribution in [2.75, 3.05) is 26.1 Å². The smallest absolute Gasteiger partial charge is 0.231 e. The number of carbonyl (C=O) groups excluding carboxylic acids is 2. The maximum Gasteiger partial charge on any atom is 0.231 e. The molecule has 150 valence electrons. The van der Waals surface area contributed by atoms with Gasteiger partial charge in [0.1, 0.15) is 16.5 Å². The topological polar surface area (TPSA) is 93.6 Å². The van der Waals surface area contributed by atoms with Crippen LogP contribution in [0.2, 0.25) is 0 Å². The van der Waals surface area contributed by atoms with Gasteiger partial charge in [0.2, 0.25) is 16.9 Å². The summed E-state index contributed by atoms with van der Waals surface area (Å²) >= 11 is 1.25. The van der Waals surface area contributed by atoms with Gasteiger partial charge in [0.15, 0.2) is 0 Å². The number of nitrogens with one attached hydrogen (secondary N) is 1. The standard InChI is InChI=1S/C19H24N4O4S/c1-19(2,3)23-10-12(8-15(23)24)16(25)20-18-22-21-17(28-18)11-6-13(26-4)9-14(7-11)27-5/h6-7,9,12H,8,10H2,1-5H3,(H,20,22,25)/t12-/m1/s1. The first kappa shape index (κ1) is 20.1. The Labute approximate surface area is 167 Å². The molecule has 2 amide bonds. The Balaban J connectivity index is 1.72. The molecular formula is C19H24N4O4S. The molecule has 1 aromatic heterocycles. The average Bonchev–Trinajstić information content (AvgIpc) is 3.27. The minimum atomic E-state index is -0.393. The van der Waals surface area contributed by atoms with E-state index in [1.54, 1.807) is 25.2 Å². The van der Waals surface area contributed by atoms with Gasteiger partial charge in [-0.3, -0.25) is 9.59 Å². The van der Waals surface area contributed by atoms with Crippen LogP contribution in [-0.4, -0.2) is 53.2 Å². The van der Waals surface area contributed by atoms with Gasteiger partial charge in [0, 0.05) is 30.1 Å². The Kier molecular flexibility index (Phi) is 5.55. The zero-order valence-corrected chi connectivity index (χ0v) is 17.4. The lowest BCUT2D eigenvalue weighted by Crippen LogP contribution is -2.42. The average molecular weight is 404 g/mol. The van der Waals surface area contributed by atoms with Crippen LogP contribution in [-0.2, 0) is 9.59 Å². The third-order valence-electron chi connectivity index (χ3n) is 4.56. The number of benzene rings is 1. The highest BCUT2D eigenvalue weighted by atomic mass is 32.1. The summed E-state index contributed by atoms with van der Waals surface area (Å²) in [7, 11) is 3.15. The molecule has 2 aromatic rings. The second-order valence-electron chi connectivity index (χ2n) is 7.58. The highest BCUT2D eigenvalue weighted by Gasteiger charge is 2.39. The van der Waals surface area contributed by atoms with E-state index in [1.807, 2.05) is 32.9 Å². The predicted octanol–water partition coefficient (Wildman–Crippen LogP) is 2.81. The molecule has 3 rings (SSSR count). The van der Waals surface area contributed by atoms with Gasteiger partial charge in [0.25, 0.3) is 0 Å². The minimum absolute atomic E-state index is 0.00548. The van der Waals surface area contributed by atoms with Crippen molar-refractivity contribution in [3.05, 3.63) is 18.2 Å². The Morgan fingerprint density at radius 3 is 2.36 bits per heavy atom. The van der Waals surface area contributed by atoms with Crippen LogP contribution in [0.15, 0.2) is 18.2 Å². The lowest BCUT2D eigenvalue weighted by molar-refractivity contribution is -0.131. The monoisotopic (exact) mass is 404 g/mol. The van der Waals surface area contributed by atoms with E-state index in [4.69, 9.17) is 9.47 Å². The van der Waals surface area contributed by atoms with Crippen molar-refractivity contribution in [3.8, 4) is 22.1 Å². The van der Waals surface area contributed by atoms with E-state index in [1.165, 1.54) is 11.3 Å². The molecule has 1 atom stereocenters. The summed E-state index contributed by atoms with van der Waals surface area (Å²) in [5.41, 5.74) is 0.483. The summed E-state index contributed by atoms with van der Waals surface area (Å²) in [6, 6.07) is 5.42. The van der Waals surface area contributed by atoms with Crippen LogP contribution >= 0.6 is 11.3 Å². The fourth-order valence-electron chi connectivity index (χ4n) is 3.06. The molecule has 0 saturated carbocycles. The predicted molar refractivity (Wildman–Crippen MR) is 107 cm³/mol. The van der Waals surface area contributed by atoms with E-state index in [0.29, 0.717) is 28.2 Å². The first-order valence-electron chi connectivity index (χ1n) is 8.89. The molecule has 0 aliphatic carbocycles. The number of ether oxygens (including phenoxy) is 2. The molecular weight excluding hydrogens is 380 g/mol. The highest BCUT2D eigenvalue weighted by molar-refractivity contribution is 7.18. The molecule has 1 aromatic carbocycles. The van der Waals surface area contributed by atoms with Gasteiger partial charge >= 0.3 is 0 Å². The number of aromatic nitrogens is 2. The Morgan fingerprint density at radius 2 is 1.82 bits per heavy atom. The zero-order chi connectivity index (χ0) is 20.5. The molecule has 1 N–H and O–H groups in total. The molecule has 1 aliphatic heterocycles. The van der Waals surface area contributed by atoms with Gasteiger partial charge in [-0.2, -0.15) is 0 Å². The Morgan fingerprint density at radius 1 is 1.18 bits per heavy atom. The fourth-order valence-corrected chi connectivity index (χ4v) is 3.79. The highest BCUT2D eigenvalue weighted by Crippen LogP contribution is 2.33. The number of amides is 2. The van der Waals surface area contributed by atoms with E-state index in [-0.39, 0.29) is 23.8 Å². The van der Waals surface area contributed by atoms with Crippen LogP contribution in [0.1, 0.15) is 27.2 Å². The summed E-state index contributed by atoms with van der Waals surface area (Å²) in [5, 5.41) is 12.0. The van der Waals surface area contributed by atoms with Gasteiger partial charge in [0.05, 0.1) is 20.1 Å². The second kappa shape index (κ2) is 7.75. The molecule has 1 saturated heterocycles. The van der Waals surface area contributed by atoms with Crippen LogP contribution in [0, 0.1) is 5.92 Å². The maximum atomic E-state index is 12.6. The van der Waals surface area contributed by atoms with E-state index in [9.17, 15) is 9.59 Å². The summed E-state index contributed by atoms with van der Waals surface area (Å²) in [4.78, 5) is 26.5. The fraction of sp³-hybridized carbons (Fsp3) is 0.474. The molecule has 8 nitrogen and oxygen atoms in total. The number of hydrogen-bond acceptors (Lipinski definition) is 7. The zero-order valence-electron chi connectivity index (χ0n) is 16.6. The minimum Gasteiger partial charge on any atom is -0.497 e. The molecule has 1 fully saturated rings. The molecule has 9 heteroatoms. The molecule has 0 unspecified atom stereocenters. The summed E-state index contributed by atoms with van der Waals surface area (Å²) in [5.74, 6) is 0.667. The number of likely N-dealkylation sites (tertiary alicyclic amines) is 1. The lowest BCUT2D eigenvalue weighted by atomic mass is 10.1. The SMILES string of the molecule is COc1cc(OC)cc(-c2nnc(NC(=O)[C@@H]3CC(=O)N(C(C)(C)C)C3)s2)c1. The number of nitrogens with zero attached hydrogens (tertiary/aromatic N) is 3. The van der Waals surface area contributed by atoms with Crippen LogP contribution in [0.3, 0.4) is 0 Å². The van der Waals surface area contributed by atoms with Crippen molar-refractivity contribution in [1.29, 1.82) is 0 Å². The van der Waals surface area contributed by atoms with Crippen LogP contribution < -0.4 is 14.8 Å². The van der Waals surface area contributed by atoms with Crippen molar-refractivity contribution >= 4 is 28.3 Å². The first-order valence-corrected chi connectivity index (χ1v) is 9.71. The van der Waals surface area contributed by atoms with Crippen LogP contribution in [0.4, 0.5) is 5.13 Å².